The number of carbonyl (C=O) groups is 1. The molecule has 0 bridgehead atoms. The summed E-state index contributed by atoms with van der Waals surface area (Å²) >= 11 is 3.37. The van der Waals surface area contributed by atoms with E-state index in [1.807, 2.05) is 38.1 Å². The van der Waals surface area contributed by atoms with Gasteiger partial charge >= 0.3 is 0 Å². The van der Waals surface area contributed by atoms with Gasteiger partial charge in [-0.1, -0.05) is 18.6 Å². The second-order valence-electron chi connectivity index (χ2n) is 4.07. The van der Waals surface area contributed by atoms with Gasteiger partial charge in [0.1, 0.15) is 0 Å². The molecular formula is C13H14BrN3O. The smallest absolute Gasteiger partial charge is 0.258 e. The van der Waals surface area contributed by atoms with Gasteiger partial charge in [-0.15, -0.1) is 0 Å². The molecule has 0 saturated heterocycles. The fourth-order valence-corrected chi connectivity index (χ4v) is 2.03. The second-order valence-corrected chi connectivity index (χ2v) is 4.92. The standard InChI is InChI=1S/C13H14BrN3O/c1-3-9-7-12(17-16-9)15-13(18)10-6-8(2)4-5-11(10)14/h4-7H,3H2,1-2H3,(H2,15,16,17,18). The van der Waals surface area contributed by atoms with Gasteiger partial charge in [-0.2, -0.15) is 5.10 Å². The van der Waals surface area contributed by atoms with E-state index in [1.165, 1.54) is 0 Å². The number of carbonyl (C=O) groups excluding carboxylic acids is 1. The average molecular weight is 308 g/mol. The molecule has 1 aromatic carbocycles. The monoisotopic (exact) mass is 307 g/mol. The van der Waals surface area contributed by atoms with Crippen molar-refractivity contribution in [2.24, 2.45) is 0 Å². The SMILES string of the molecule is CCc1cc(NC(=O)c2cc(C)ccc2Br)n[nH]1. The average Bonchev–Trinajstić information content (AvgIpc) is 2.80. The van der Waals surface area contributed by atoms with E-state index in [4.69, 9.17) is 0 Å². The number of rotatable bonds is 3. The van der Waals surface area contributed by atoms with E-state index in [0.717, 1.165) is 22.2 Å². The van der Waals surface area contributed by atoms with E-state index in [9.17, 15) is 4.79 Å². The summed E-state index contributed by atoms with van der Waals surface area (Å²) in [5.74, 6) is 0.380. The Hall–Kier alpha value is -1.62. The van der Waals surface area contributed by atoms with Crippen molar-refractivity contribution in [1.82, 2.24) is 10.2 Å². The van der Waals surface area contributed by atoms with Crippen LogP contribution in [0.3, 0.4) is 0 Å². The van der Waals surface area contributed by atoms with Crippen LogP contribution in [0.25, 0.3) is 0 Å². The Labute approximate surface area is 114 Å². The van der Waals surface area contributed by atoms with Gasteiger partial charge in [0, 0.05) is 16.2 Å². The lowest BCUT2D eigenvalue weighted by Gasteiger charge is -2.05. The van der Waals surface area contributed by atoms with E-state index in [-0.39, 0.29) is 5.91 Å². The number of aryl methyl sites for hydroxylation is 2. The quantitative estimate of drug-likeness (QED) is 0.914. The van der Waals surface area contributed by atoms with Crippen LogP contribution in [0, 0.1) is 6.92 Å². The lowest BCUT2D eigenvalue weighted by atomic mass is 10.1. The number of hydrogen-bond acceptors (Lipinski definition) is 2. The van der Waals surface area contributed by atoms with Crippen LogP contribution >= 0.6 is 15.9 Å². The van der Waals surface area contributed by atoms with Gasteiger partial charge in [0.2, 0.25) is 0 Å². The highest BCUT2D eigenvalue weighted by molar-refractivity contribution is 9.10. The number of benzene rings is 1. The summed E-state index contributed by atoms with van der Waals surface area (Å²) in [6.45, 7) is 3.98. The summed E-state index contributed by atoms with van der Waals surface area (Å²) < 4.78 is 0.775. The predicted molar refractivity (Wildman–Crippen MR) is 74.8 cm³/mol. The first-order valence-electron chi connectivity index (χ1n) is 5.72. The molecule has 0 fully saturated rings. The van der Waals surface area contributed by atoms with Gasteiger partial charge < -0.3 is 5.32 Å². The maximum Gasteiger partial charge on any atom is 0.258 e. The van der Waals surface area contributed by atoms with Crippen LogP contribution in [0.4, 0.5) is 5.82 Å². The van der Waals surface area contributed by atoms with Crippen molar-refractivity contribution in [3.63, 3.8) is 0 Å². The summed E-state index contributed by atoms with van der Waals surface area (Å²) in [4.78, 5) is 12.1. The third-order valence-corrected chi connectivity index (χ3v) is 3.31. The summed E-state index contributed by atoms with van der Waals surface area (Å²) in [6.07, 6.45) is 0.858. The number of anilines is 1. The molecule has 1 amide bonds. The Morgan fingerprint density at radius 3 is 2.89 bits per heavy atom. The van der Waals surface area contributed by atoms with Crippen LogP contribution in [0.5, 0.6) is 0 Å². The molecule has 0 saturated carbocycles. The van der Waals surface area contributed by atoms with Crippen molar-refractivity contribution in [2.75, 3.05) is 5.32 Å². The van der Waals surface area contributed by atoms with Gasteiger partial charge in [0.15, 0.2) is 5.82 Å². The van der Waals surface area contributed by atoms with Crippen molar-refractivity contribution in [3.05, 3.63) is 45.6 Å². The van der Waals surface area contributed by atoms with Gasteiger partial charge in [0.25, 0.3) is 5.91 Å². The number of aromatic amines is 1. The first kappa shape index (κ1) is 12.8. The number of H-pyrrole nitrogens is 1. The molecule has 5 heteroatoms. The normalized spacial score (nSPS) is 10.4. The van der Waals surface area contributed by atoms with Crippen LogP contribution in [-0.2, 0) is 6.42 Å². The number of nitrogens with one attached hydrogen (secondary N) is 2. The zero-order valence-electron chi connectivity index (χ0n) is 10.2. The van der Waals surface area contributed by atoms with Crippen molar-refractivity contribution >= 4 is 27.7 Å². The Bertz CT molecular complexity index is 577. The van der Waals surface area contributed by atoms with E-state index in [0.29, 0.717) is 11.4 Å². The molecular weight excluding hydrogens is 294 g/mol. The number of amides is 1. The number of hydrogen-bond donors (Lipinski definition) is 2. The Morgan fingerprint density at radius 1 is 1.44 bits per heavy atom. The van der Waals surface area contributed by atoms with Gasteiger partial charge in [0.05, 0.1) is 5.56 Å². The fourth-order valence-electron chi connectivity index (χ4n) is 1.60. The Kier molecular flexibility index (Phi) is 3.81. The minimum Gasteiger partial charge on any atom is -0.305 e. The second kappa shape index (κ2) is 5.35. The molecule has 2 rings (SSSR count). The Morgan fingerprint density at radius 2 is 2.22 bits per heavy atom. The molecule has 94 valence electrons. The van der Waals surface area contributed by atoms with Gasteiger partial charge in [-0.3, -0.25) is 9.89 Å². The number of nitrogens with zero attached hydrogens (tertiary/aromatic N) is 1. The molecule has 0 unspecified atom stereocenters. The molecule has 18 heavy (non-hydrogen) atoms. The van der Waals surface area contributed by atoms with E-state index in [2.05, 4.69) is 31.4 Å². The molecule has 4 nitrogen and oxygen atoms in total. The molecule has 0 radical (unpaired) electrons. The minimum atomic E-state index is -0.167. The van der Waals surface area contributed by atoms with Crippen LogP contribution < -0.4 is 5.32 Å². The van der Waals surface area contributed by atoms with Crippen LogP contribution in [0.15, 0.2) is 28.7 Å². The van der Waals surface area contributed by atoms with Crippen molar-refractivity contribution in [3.8, 4) is 0 Å². The first-order valence-corrected chi connectivity index (χ1v) is 6.51. The van der Waals surface area contributed by atoms with Crippen LogP contribution in [-0.4, -0.2) is 16.1 Å². The zero-order valence-corrected chi connectivity index (χ0v) is 11.8. The van der Waals surface area contributed by atoms with Crippen molar-refractivity contribution in [1.29, 1.82) is 0 Å². The fraction of sp³-hybridized carbons (Fsp3) is 0.231. The summed E-state index contributed by atoms with van der Waals surface area (Å²) in [6, 6.07) is 7.49. The molecule has 0 spiro atoms. The highest BCUT2D eigenvalue weighted by atomic mass is 79.9. The third kappa shape index (κ3) is 2.79. The summed E-state index contributed by atoms with van der Waals surface area (Å²) in [7, 11) is 0. The lowest BCUT2D eigenvalue weighted by molar-refractivity contribution is 0.102. The van der Waals surface area contributed by atoms with Crippen molar-refractivity contribution in [2.45, 2.75) is 20.3 Å². The van der Waals surface area contributed by atoms with Crippen LogP contribution in [0.2, 0.25) is 0 Å². The topological polar surface area (TPSA) is 57.8 Å². The number of halogens is 1. The molecule has 1 aromatic heterocycles. The number of aromatic nitrogens is 2. The molecule has 0 aliphatic rings. The highest BCUT2D eigenvalue weighted by Crippen LogP contribution is 2.19. The Balaban J connectivity index is 2.19. The lowest BCUT2D eigenvalue weighted by Crippen LogP contribution is -2.13. The van der Waals surface area contributed by atoms with E-state index in [1.54, 1.807) is 0 Å². The highest BCUT2D eigenvalue weighted by Gasteiger charge is 2.11. The van der Waals surface area contributed by atoms with Crippen molar-refractivity contribution < 1.29 is 4.79 Å². The van der Waals surface area contributed by atoms with Crippen LogP contribution in [0.1, 0.15) is 28.5 Å². The largest absolute Gasteiger partial charge is 0.305 e. The van der Waals surface area contributed by atoms with Gasteiger partial charge in [-0.05, 0) is 41.4 Å². The molecule has 1 heterocycles. The molecule has 0 aliphatic heterocycles. The maximum atomic E-state index is 12.1. The summed E-state index contributed by atoms with van der Waals surface area (Å²) in [5.41, 5.74) is 2.64. The van der Waals surface area contributed by atoms with Gasteiger partial charge in [-0.25, -0.2) is 0 Å². The summed E-state index contributed by atoms with van der Waals surface area (Å²) in [5, 5.41) is 9.66. The molecule has 2 N–H and O–H groups in total. The first-order chi connectivity index (χ1) is 8.60. The minimum absolute atomic E-state index is 0.167. The predicted octanol–water partition coefficient (Wildman–Crippen LogP) is 3.30. The zero-order chi connectivity index (χ0) is 13.1. The molecule has 0 atom stereocenters. The molecule has 0 aliphatic carbocycles. The maximum absolute atomic E-state index is 12.1. The van der Waals surface area contributed by atoms with E-state index >= 15 is 0 Å². The van der Waals surface area contributed by atoms with E-state index < -0.39 is 0 Å². The molecule has 2 aromatic rings. The third-order valence-electron chi connectivity index (χ3n) is 2.62.